The molecule has 10 nitrogen and oxygen atoms in total. The van der Waals surface area contributed by atoms with Crippen molar-refractivity contribution in [3.63, 3.8) is 0 Å². The highest BCUT2D eigenvalue weighted by atomic mass is 127. The minimum Gasteiger partial charge on any atom is -0.493 e. The van der Waals surface area contributed by atoms with Crippen molar-refractivity contribution in [2.45, 2.75) is 37.6 Å². The molecule has 1 heterocycles. The number of aldehydes is 1. The monoisotopic (exact) mass is 664 g/mol. The van der Waals surface area contributed by atoms with Gasteiger partial charge in [-0.25, -0.2) is 0 Å². The molecule has 40 heavy (non-hydrogen) atoms. The van der Waals surface area contributed by atoms with Crippen LogP contribution in [0.5, 0.6) is 11.5 Å². The zero-order valence-electron chi connectivity index (χ0n) is 22.1. The third-order valence-electron chi connectivity index (χ3n) is 7.01. The molecule has 1 saturated heterocycles. The molecule has 1 fully saturated rings. The van der Waals surface area contributed by atoms with Crippen LogP contribution in [0.1, 0.15) is 28.8 Å². The molecule has 3 N–H and O–H groups in total. The first-order valence-electron chi connectivity index (χ1n) is 13.1. The van der Waals surface area contributed by atoms with Crippen LogP contribution in [0.25, 0.3) is 0 Å². The minimum atomic E-state index is -1.20. The van der Waals surface area contributed by atoms with Crippen molar-refractivity contribution in [2.75, 3.05) is 33.5 Å². The standard InChI is InChI=1S/C29H33IN2O8/c1-38-25-12-19(16-34)11-22(30)27(25)40-24-14-21(28(36)31-8-9-33)13-23(26(24)35)32(15-18-5-3-2-4-6-18)29(37)20-7-10-39-17-20/h2-6,11-12,14,16,20,23-24,26,33,35H,7-10,13,15,17H2,1H3,(H,31,36). The van der Waals surface area contributed by atoms with Crippen molar-refractivity contribution in [2.24, 2.45) is 5.92 Å². The van der Waals surface area contributed by atoms with Crippen LogP contribution in [0.3, 0.4) is 0 Å². The van der Waals surface area contributed by atoms with E-state index in [0.29, 0.717) is 52.1 Å². The number of hydrogen-bond acceptors (Lipinski definition) is 8. The van der Waals surface area contributed by atoms with E-state index in [0.717, 1.165) is 5.56 Å². The third-order valence-corrected chi connectivity index (χ3v) is 7.82. The molecule has 2 aromatic rings. The number of benzene rings is 2. The summed E-state index contributed by atoms with van der Waals surface area (Å²) >= 11 is 2.02. The number of methoxy groups -OCH3 is 1. The van der Waals surface area contributed by atoms with E-state index < -0.39 is 24.2 Å². The van der Waals surface area contributed by atoms with Gasteiger partial charge in [0.1, 0.15) is 18.5 Å². The number of aliphatic hydroxyl groups is 2. The van der Waals surface area contributed by atoms with E-state index in [4.69, 9.17) is 14.2 Å². The summed E-state index contributed by atoms with van der Waals surface area (Å²) in [4.78, 5) is 39.9. The number of ether oxygens (including phenoxy) is 3. The highest BCUT2D eigenvalue weighted by Gasteiger charge is 2.42. The highest BCUT2D eigenvalue weighted by Crippen LogP contribution is 2.37. The summed E-state index contributed by atoms with van der Waals surface area (Å²) in [5.74, 6) is -0.347. The molecule has 4 rings (SSSR count). The molecule has 2 amide bonds. The fraction of sp³-hybridized carbons (Fsp3) is 0.414. The Morgan fingerprint density at radius 2 is 2.02 bits per heavy atom. The fourth-order valence-corrected chi connectivity index (χ4v) is 5.69. The van der Waals surface area contributed by atoms with Crippen molar-refractivity contribution < 1.29 is 38.8 Å². The van der Waals surface area contributed by atoms with Crippen LogP contribution in [0.2, 0.25) is 0 Å². The Kier molecular flexibility index (Phi) is 10.5. The molecular weight excluding hydrogens is 631 g/mol. The number of aliphatic hydroxyl groups excluding tert-OH is 2. The lowest BCUT2D eigenvalue weighted by Crippen LogP contribution is -2.56. The van der Waals surface area contributed by atoms with Gasteiger partial charge in [-0.05, 0) is 52.8 Å². The van der Waals surface area contributed by atoms with Crippen molar-refractivity contribution in [3.8, 4) is 11.5 Å². The molecule has 11 heteroatoms. The number of carbonyl (C=O) groups excluding carboxylic acids is 3. The first kappa shape index (κ1) is 30.0. The lowest BCUT2D eigenvalue weighted by molar-refractivity contribution is -0.143. The zero-order chi connectivity index (χ0) is 28.6. The summed E-state index contributed by atoms with van der Waals surface area (Å²) in [5.41, 5.74) is 1.59. The zero-order valence-corrected chi connectivity index (χ0v) is 24.3. The Labute approximate surface area is 246 Å². The minimum absolute atomic E-state index is 0.0554. The number of halogens is 1. The lowest BCUT2D eigenvalue weighted by Gasteiger charge is -2.41. The molecular formula is C29H33IN2O8. The second kappa shape index (κ2) is 14.1. The summed E-state index contributed by atoms with van der Waals surface area (Å²) < 4.78 is 17.8. The van der Waals surface area contributed by atoms with E-state index in [1.54, 1.807) is 17.0 Å². The van der Waals surface area contributed by atoms with Crippen LogP contribution in [0.4, 0.5) is 0 Å². The van der Waals surface area contributed by atoms with Gasteiger partial charge in [-0.15, -0.1) is 0 Å². The smallest absolute Gasteiger partial charge is 0.247 e. The number of nitrogens with zero attached hydrogens (tertiary/aromatic N) is 1. The van der Waals surface area contributed by atoms with E-state index in [1.165, 1.54) is 13.2 Å². The first-order chi connectivity index (χ1) is 19.4. The molecule has 4 atom stereocenters. The third kappa shape index (κ3) is 7.00. The van der Waals surface area contributed by atoms with E-state index >= 15 is 0 Å². The Morgan fingerprint density at radius 3 is 2.67 bits per heavy atom. The Balaban J connectivity index is 1.72. The fourth-order valence-electron chi connectivity index (χ4n) is 4.94. The van der Waals surface area contributed by atoms with E-state index in [-0.39, 0.29) is 37.9 Å². The van der Waals surface area contributed by atoms with Gasteiger partial charge < -0.3 is 34.6 Å². The topological polar surface area (TPSA) is 135 Å². The van der Waals surface area contributed by atoms with Gasteiger partial charge in [-0.2, -0.15) is 0 Å². The average molecular weight is 664 g/mol. The summed E-state index contributed by atoms with van der Waals surface area (Å²) in [6, 6.07) is 11.8. The second-order valence-corrected chi connectivity index (χ2v) is 10.8. The maximum atomic E-state index is 13.8. The maximum absolute atomic E-state index is 13.8. The maximum Gasteiger partial charge on any atom is 0.247 e. The van der Waals surface area contributed by atoms with Gasteiger partial charge in [0.15, 0.2) is 11.5 Å². The number of carbonyl (C=O) groups is 3. The number of nitrogens with one attached hydrogen (secondary N) is 1. The predicted molar refractivity (Wildman–Crippen MR) is 154 cm³/mol. The number of hydrogen-bond donors (Lipinski definition) is 3. The summed E-state index contributed by atoms with van der Waals surface area (Å²) in [6.45, 7) is 0.831. The van der Waals surface area contributed by atoms with Crippen LogP contribution >= 0.6 is 22.6 Å². The van der Waals surface area contributed by atoms with E-state index in [1.807, 2.05) is 52.9 Å². The molecule has 2 aromatic carbocycles. The molecule has 2 aliphatic rings. The van der Waals surface area contributed by atoms with Crippen molar-refractivity contribution in [1.29, 1.82) is 0 Å². The van der Waals surface area contributed by atoms with Crippen molar-refractivity contribution in [1.82, 2.24) is 10.2 Å². The van der Waals surface area contributed by atoms with Crippen LogP contribution in [-0.4, -0.2) is 84.9 Å². The van der Waals surface area contributed by atoms with E-state index in [2.05, 4.69) is 5.32 Å². The van der Waals surface area contributed by atoms with Crippen LogP contribution < -0.4 is 14.8 Å². The van der Waals surface area contributed by atoms with Gasteiger partial charge in [0, 0.05) is 37.3 Å². The van der Waals surface area contributed by atoms with Crippen LogP contribution in [0.15, 0.2) is 54.1 Å². The van der Waals surface area contributed by atoms with Gasteiger partial charge in [0.25, 0.3) is 0 Å². The average Bonchev–Trinajstić information content (AvgIpc) is 3.52. The van der Waals surface area contributed by atoms with Crippen molar-refractivity contribution >= 4 is 40.7 Å². The quantitative estimate of drug-likeness (QED) is 0.246. The largest absolute Gasteiger partial charge is 0.493 e. The molecule has 4 unspecified atom stereocenters. The first-order valence-corrected chi connectivity index (χ1v) is 14.1. The van der Waals surface area contributed by atoms with Gasteiger partial charge in [-0.1, -0.05) is 30.3 Å². The Morgan fingerprint density at radius 1 is 1.25 bits per heavy atom. The highest BCUT2D eigenvalue weighted by molar-refractivity contribution is 14.1. The normalized spacial score (nSPS) is 22.2. The molecule has 214 valence electrons. The molecule has 0 radical (unpaired) electrons. The molecule has 0 spiro atoms. The Bertz CT molecular complexity index is 1230. The van der Waals surface area contributed by atoms with Gasteiger partial charge in [0.05, 0.1) is 35.9 Å². The summed E-state index contributed by atoms with van der Waals surface area (Å²) in [7, 11) is 1.44. The lowest BCUT2D eigenvalue weighted by atomic mass is 9.87. The van der Waals surface area contributed by atoms with Gasteiger partial charge >= 0.3 is 0 Å². The second-order valence-electron chi connectivity index (χ2n) is 9.68. The number of amides is 2. The molecule has 1 aliphatic carbocycles. The molecule has 0 saturated carbocycles. The predicted octanol–water partition coefficient (Wildman–Crippen LogP) is 2.09. The molecule has 0 aromatic heterocycles. The molecule has 0 bridgehead atoms. The van der Waals surface area contributed by atoms with Crippen molar-refractivity contribution in [3.05, 3.63) is 68.8 Å². The SMILES string of the molecule is COc1cc(C=O)cc(I)c1OC1C=C(C(=O)NCCO)CC(N(Cc2ccccc2)C(=O)C2CCOC2)C1O. The Hall–Kier alpha value is -3.00. The van der Waals surface area contributed by atoms with E-state index in [9.17, 15) is 24.6 Å². The number of rotatable bonds is 11. The summed E-state index contributed by atoms with van der Waals surface area (Å²) in [5, 5.41) is 23.6. The van der Waals surface area contributed by atoms with Crippen LogP contribution in [-0.2, 0) is 20.9 Å². The van der Waals surface area contributed by atoms with Crippen LogP contribution in [0, 0.1) is 9.49 Å². The summed E-state index contributed by atoms with van der Waals surface area (Å²) in [6.07, 6.45) is 0.678. The molecule has 1 aliphatic heterocycles. The van der Waals surface area contributed by atoms with Gasteiger partial charge in [-0.3, -0.25) is 14.4 Å². The van der Waals surface area contributed by atoms with Gasteiger partial charge in [0.2, 0.25) is 11.8 Å².